The Labute approximate surface area is 59.9 Å². The normalized spacial score (nSPS) is 10.4. The Kier molecular flexibility index (Phi) is 5.10. The Morgan fingerprint density at radius 1 is 1.50 bits per heavy atom. The topological polar surface area (TPSA) is 69.6 Å². The maximum absolute atomic E-state index is 10.8. The minimum absolute atomic E-state index is 0.160. The van der Waals surface area contributed by atoms with Crippen LogP contribution in [0.3, 0.4) is 0 Å². The van der Waals surface area contributed by atoms with Crippen LogP contribution < -0.4 is 5.32 Å². The van der Waals surface area contributed by atoms with Crippen molar-refractivity contribution in [3.05, 3.63) is 0 Å². The summed E-state index contributed by atoms with van der Waals surface area (Å²) in [4.78, 5) is 10.8. The molecular weight excluding hydrogens is 134 g/mol. The van der Waals surface area contributed by atoms with Crippen molar-refractivity contribution in [2.24, 2.45) is 5.92 Å². The van der Waals surface area contributed by atoms with Crippen molar-refractivity contribution in [3.8, 4) is 0 Å². The second kappa shape index (κ2) is 5.34. The van der Waals surface area contributed by atoms with Gasteiger partial charge in [0.25, 0.3) is 0 Å². The number of aliphatic hydroxyl groups is 2. The van der Waals surface area contributed by atoms with Crippen molar-refractivity contribution in [2.75, 3.05) is 26.8 Å². The Bertz CT molecular complexity index is 101. The smallest absolute Gasteiger partial charge is 0.154 e. The van der Waals surface area contributed by atoms with E-state index in [1.54, 1.807) is 7.05 Å². The molecule has 0 aliphatic rings. The predicted octanol–water partition coefficient (Wildman–Crippen LogP) is -1.62. The van der Waals surface area contributed by atoms with Gasteiger partial charge in [0.2, 0.25) is 0 Å². The van der Waals surface area contributed by atoms with Crippen LogP contribution >= 0.6 is 0 Å². The molecule has 0 aromatic carbocycles. The van der Waals surface area contributed by atoms with Crippen molar-refractivity contribution in [1.29, 1.82) is 0 Å². The van der Waals surface area contributed by atoms with Crippen LogP contribution in [0.5, 0.6) is 0 Å². The first-order valence-electron chi connectivity index (χ1n) is 3.15. The van der Waals surface area contributed by atoms with Gasteiger partial charge in [-0.3, -0.25) is 4.79 Å². The van der Waals surface area contributed by atoms with Gasteiger partial charge in [0.05, 0.1) is 25.7 Å². The lowest BCUT2D eigenvalue weighted by molar-refractivity contribution is -0.124. The monoisotopic (exact) mass is 147 g/mol. The second-order valence-corrected chi connectivity index (χ2v) is 2.06. The highest BCUT2D eigenvalue weighted by atomic mass is 16.3. The van der Waals surface area contributed by atoms with Gasteiger partial charge in [-0.25, -0.2) is 0 Å². The molecule has 0 aliphatic carbocycles. The van der Waals surface area contributed by atoms with E-state index in [1.807, 2.05) is 0 Å². The second-order valence-electron chi connectivity index (χ2n) is 2.06. The van der Waals surface area contributed by atoms with Crippen molar-refractivity contribution in [3.63, 3.8) is 0 Å². The zero-order valence-electron chi connectivity index (χ0n) is 6.00. The molecule has 0 rings (SSSR count). The molecule has 0 bridgehead atoms. The number of rotatable bonds is 5. The molecule has 0 atom stereocenters. The summed E-state index contributed by atoms with van der Waals surface area (Å²) in [6.07, 6.45) is 0. The molecule has 60 valence electrons. The molecular formula is C6H13NO3. The first-order valence-corrected chi connectivity index (χ1v) is 3.15. The summed E-state index contributed by atoms with van der Waals surface area (Å²) in [5, 5.41) is 19.7. The third-order valence-corrected chi connectivity index (χ3v) is 1.25. The Hall–Kier alpha value is -0.450. The van der Waals surface area contributed by atoms with Crippen molar-refractivity contribution in [1.82, 2.24) is 5.32 Å². The lowest BCUT2D eigenvalue weighted by atomic mass is 10.1. The minimum atomic E-state index is -0.618. The molecule has 0 saturated heterocycles. The SMILES string of the molecule is CNCC(=O)C(CO)CO. The van der Waals surface area contributed by atoms with Crippen LogP contribution in [0.4, 0.5) is 0 Å². The highest BCUT2D eigenvalue weighted by Crippen LogP contribution is 1.93. The summed E-state index contributed by atoms with van der Waals surface area (Å²) < 4.78 is 0. The molecule has 3 N–H and O–H groups in total. The lowest BCUT2D eigenvalue weighted by Gasteiger charge is -2.07. The fraction of sp³-hybridized carbons (Fsp3) is 0.833. The van der Waals surface area contributed by atoms with Crippen LogP contribution in [0.15, 0.2) is 0 Å². The molecule has 0 unspecified atom stereocenters. The Balaban J connectivity index is 3.65. The van der Waals surface area contributed by atoms with Crippen LogP contribution in [-0.2, 0) is 4.79 Å². The van der Waals surface area contributed by atoms with Gasteiger partial charge < -0.3 is 15.5 Å². The zero-order chi connectivity index (χ0) is 7.98. The van der Waals surface area contributed by atoms with Crippen LogP contribution in [-0.4, -0.2) is 42.8 Å². The molecule has 0 aromatic rings. The van der Waals surface area contributed by atoms with Crippen LogP contribution in [0.1, 0.15) is 0 Å². The molecule has 0 spiro atoms. The maximum Gasteiger partial charge on any atom is 0.154 e. The van der Waals surface area contributed by atoms with Gasteiger partial charge in [0.1, 0.15) is 0 Å². The maximum atomic E-state index is 10.8. The summed E-state index contributed by atoms with van der Waals surface area (Å²) in [5.41, 5.74) is 0. The molecule has 10 heavy (non-hydrogen) atoms. The summed E-state index contributed by atoms with van der Waals surface area (Å²) >= 11 is 0. The number of likely N-dealkylation sites (N-methyl/N-ethyl adjacent to an activating group) is 1. The van der Waals surface area contributed by atoms with E-state index in [1.165, 1.54) is 0 Å². The lowest BCUT2D eigenvalue weighted by Crippen LogP contribution is -2.30. The minimum Gasteiger partial charge on any atom is -0.396 e. The molecule has 0 fully saturated rings. The van der Waals surface area contributed by atoms with Gasteiger partial charge in [-0.15, -0.1) is 0 Å². The van der Waals surface area contributed by atoms with Crippen molar-refractivity contribution >= 4 is 5.78 Å². The van der Waals surface area contributed by atoms with Gasteiger partial charge >= 0.3 is 0 Å². The first-order chi connectivity index (χ1) is 4.76. The van der Waals surface area contributed by atoms with E-state index >= 15 is 0 Å². The molecule has 0 radical (unpaired) electrons. The van der Waals surface area contributed by atoms with Crippen molar-refractivity contribution < 1.29 is 15.0 Å². The average Bonchev–Trinajstić information content (AvgIpc) is 1.91. The van der Waals surface area contributed by atoms with Gasteiger partial charge in [-0.2, -0.15) is 0 Å². The number of hydrogen-bond acceptors (Lipinski definition) is 4. The van der Waals surface area contributed by atoms with E-state index in [0.717, 1.165) is 0 Å². The van der Waals surface area contributed by atoms with E-state index in [0.29, 0.717) is 0 Å². The highest BCUT2D eigenvalue weighted by Gasteiger charge is 2.14. The molecule has 0 heterocycles. The van der Waals surface area contributed by atoms with Gasteiger partial charge in [0, 0.05) is 0 Å². The van der Waals surface area contributed by atoms with Crippen molar-refractivity contribution in [2.45, 2.75) is 0 Å². The largest absolute Gasteiger partial charge is 0.396 e. The van der Waals surface area contributed by atoms with Gasteiger partial charge in [0.15, 0.2) is 5.78 Å². The van der Waals surface area contributed by atoms with E-state index in [-0.39, 0.29) is 25.5 Å². The Morgan fingerprint density at radius 3 is 2.30 bits per heavy atom. The number of carbonyl (C=O) groups is 1. The van der Waals surface area contributed by atoms with Gasteiger partial charge in [-0.05, 0) is 7.05 Å². The third-order valence-electron chi connectivity index (χ3n) is 1.25. The fourth-order valence-electron chi connectivity index (χ4n) is 0.580. The zero-order valence-corrected chi connectivity index (χ0v) is 6.00. The highest BCUT2D eigenvalue weighted by molar-refractivity contribution is 5.83. The van der Waals surface area contributed by atoms with E-state index in [2.05, 4.69) is 5.32 Å². The summed E-state index contributed by atoms with van der Waals surface area (Å²) in [5.74, 6) is -0.778. The summed E-state index contributed by atoms with van der Waals surface area (Å²) in [6.45, 7) is -0.361. The molecule has 0 amide bonds. The average molecular weight is 147 g/mol. The standard InChI is InChI=1S/C6H13NO3/c1-7-2-6(10)5(3-8)4-9/h5,7-9H,2-4H2,1H3. The molecule has 4 heteroatoms. The van der Waals surface area contributed by atoms with E-state index < -0.39 is 5.92 Å². The molecule has 4 nitrogen and oxygen atoms in total. The number of nitrogens with one attached hydrogen (secondary N) is 1. The number of aliphatic hydroxyl groups excluding tert-OH is 2. The fourth-order valence-corrected chi connectivity index (χ4v) is 0.580. The van der Waals surface area contributed by atoms with E-state index in [9.17, 15) is 4.79 Å². The first kappa shape index (κ1) is 9.55. The molecule has 0 saturated carbocycles. The quantitative estimate of drug-likeness (QED) is 0.437. The van der Waals surface area contributed by atoms with Crippen LogP contribution in [0.2, 0.25) is 0 Å². The number of carbonyl (C=O) groups excluding carboxylic acids is 1. The number of Topliss-reactive ketones (excluding diaryl/α,β-unsaturated/α-hetero) is 1. The molecule has 0 aliphatic heterocycles. The summed E-state index contributed by atoms with van der Waals surface area (Å²) in [7, 11) is 1.64. The van der Waals surface area contributed by atoms with E-state index in [4.69, 9.17) is 10.2 Å². The Morgan fingerprint density at radius 2 is 2.00 bits per heavy atom. The van der Waals surface area contributed by atoms with Crippen LogP contribution in [0.25, 0.3) is 0 Å². The van der Waals surface area contributed by atoms with Gasteiger partial charge in [-0.1, -0.05) is 0 Å². The number of ketones is 1. The number of hydrogen-bond donors (Lipinski definition) is 3. The third kappa shape index (κ3) is 2.91. The predicted molar refractivity (Wildman–Crippen MR) is 36.6 cm³/mol. The molecule has 0 aromatic heterocycles. The summed E-state index contributed by atoms with van der Waals surface area (Å²) in [6, 6.07) is 0. The van der Waals surface area contributed by atoms with Crippen LogP contribution in [0, 0.1) is 5.92 Å².